The highest BCUT2D eigenvalue weighted by molar-refractivity contribution is 5.91. The van der Waals surface area contributed by atoms with Gasteiger partial charge in [-0.1, -0.05) is 90.5 Å². The number of aryl methyl sites for hydroxylation is 1. The van der Waals surface area contributed by atoms with Gasteiger partial charge < -0.3 is 15.1 Å². The first-order valence-corrected chi connectivity index (χ1v) is 12.9. The summed E-state index contributed by atoms with van der Waals surface area (Å²) in [6.45, 7) is 3.05. The standard InChI is InChI=1S/C30H33N5O3/c1-22-13-15-25(16-14-22)19-33-20-27-34(26(29(33)37)17-23-9-5-3-6-10-23)28(36)21-32(2)35(27)30(38)31-18-24-11-7-4-8-12-24/h3-16,26-27H,17-21H2,1-2H3,(H,31,38)/t26-,27-/m0/s1. The van der Waals surface area contributed by atoms with E-state index in [9.17, 15) is 14.4 Å². The molecule has 2 heterocycles. The van der Waals surface area contributed by atoms with Crippen molar-refractivity contribution in [2.75, 3.05) is 20.1 Å². The number of piperazine rings is 1. The van der Waals surface area contributed by atoms with Crippen LogP contribution in [0.3, 0.4) is 0 Å². The van der Waals surface area contributed by atoms with Crippen LogP contribution < -0.4 is 5.32 Å². The molecule has 0 saturated carbocycles. The van der Waals surface area contributed by atoms with E-state index in [1.54, 1.807) is 26.9 Å². The maximum Gasteiger partial charge on any atom is 0.334 e. The van der Waals surface area contributed by atoms with Gasteiger partial charge >= 0.3 is 6.03 Å². The van der Waals surface area contributed by atoms with E-state index in [-0.39, 0.29) is 30.9 Å². The number of nitrogens with one attached hydrogen (secondary N) is 1. The third-order valence-electron chi connectivity index (χ3n) is 7.20. The molecule has 38 heavy (non-hydrogen) atoms. The molecule has 2 aliphatic rings. The fraction of sp³-hybridized carbons (Fsp3) is 0.300. The topological polar surface area (TPSA) is 76.2 Å². The normalized spacial score (nSPS) is 19.9. The van der Waals surface area contributed by atoms with Crippen molar-refractivity contribution in [2.24, 2.45) is 0 Å². The maximum absolute atomic E-state index is 13.9. The number of rotatable bonds is 6. The Morgan fingerprint density at radius 1 is 0.868 bits per heavy atom. The molecule has 3 aromatic carbocycles. The predicted molar refractivity (Wildman–Crippen MR) is 144 cm³/mol. The van der Waals surface area contributed by atoms with Crippen molar-refractivity contribution in [2.45, 2.75) is 38.6 Å². The third kappa shape index (κ3) is 5.40. The molecule has 5 rings (SSSR count). The number of benzene rings is 3. The van der Waals surface area contributed by atoms with E-state index in [1.165, 1.54) is 0 Å². The summed E-state index contributed by atoms with van der Waals surface area (Å²) in [6.07, 6.45) is -0.232. The number of nitrogens with zero attached hydrogens (tertiary/aromatic N) is 4. The van der Waals surface area contributed by atoms with Gasteiger partial charge in [0, 0.05) is 26.6 Å². The molecule has 2 fully saturated rings. The van der Waals surface area contributed by atoms with Gasteiger partial charge in [0.15, 0.2) is 0 Å². The summed E-state index contributed by atoms with van der Waals surface area (Å²) < 4.78 is 0. The molecule has 8 nitrogen and oxygen atoms in total. The Kier molecular flexibility index (Phi) is 7.42. The second-order valence-corrected chi connectivity index (χ2v) is 10.00. The van der Waals surface area contributed by atoms with Gasteiger partial charge in [-0.2, -0.15) is 0 Å². The Morgan fingerprint density at radius 3 is 2.16 bits per heavy atom. The number of hydrogen-bond acceptors (Lipinski definition) is 4. The van der Waals surface area contributed by atoms with Crippen molar-refractivity contribution in [1.29, 1.82) is 0 Å². The van der Waals surface area contributed by atoms with Crippen LogP contribution >= 0.6 is 0 Å². The summed E-state index contributed by atoms with van der Waals surface area (Å²) in [4.78, 5) is 44.2. The first-order chi connectivity index (χ1) is 18.4. The molecule has 0 bridgehead atoms. The molecule has 0 unspecified atom stereocenters. The highest BCUT2D eigenvalue weighted by Gasteiger charge is 2.50. The van der Waals surface area contributed by atoms with Crippen LogP contribution in [0.25, 0.3) is 0 Å². The van der Waals surface area contributed by atoms with Crippen LogP contribution in [0.2, 0.25) is 0 Å². The van der Waals surface area contributed by atoms with Crippen LogP contribution in [0, 0.1) is 6.92 Å². The number of hydrazine groups is 1. The molecule has 3 aromatic rings. The van der Waals surface area contributed by atoms with Crippen LogP contribution in [0.5, 0.6) is 0 Å². The largest absolute Gasteiger partial charge is 0.334 e. The molecule has 0 spiro atoms. The lowest BCUT2D eigenvalue weighted by Gasteiger charge is -2.54. The number of fused-ring (bicyclic) bond motifs is 1. The minimum absolute atomic E-state index is 0.0196. The highest BCUT2D eigenvalue weighted by atomic mass is 16.2. The second-order valence-electron chi connectivity index (χ2n) is 10.00. The maximum atomic E-state index is 13.9. The van der Waals surface area contributed by atoms with Crippen molar-refractivity contribution < 1.29 is 14.4 Å². The van der Waals surface area contributed by atoms with Crippen LogP contribution in [0.4, 0.5) is 4.79 Å². The Labute approximate surface area is 223 Å². The fourth-order valence-electron chi connectivity index (χ4n) is 5.25. The number of likely N-dealkylation sites (N-methyl/N-ethyl adjacent to an activating group) is 1. The fourth-order valence-corrected chi connectivity index (χ4v) is 5.25. The average molecular weight is 512 g/mol. The van der Waals surface area contributed by atoms with Crippen LogP contribution in [0.15, 0.2) is 84.9 Å². The molecule has 8 heteroatoms. The van der Waals surface area contributed by atoms with E-state index in [0.29, 0.717) is 19.5 Å². The third-order valence-corrected chi connectivity index (χ3v) is 7.20. The van der Waals surface area contributed by atoms with E-state index in [2.05, 4.69) is 5.32 Å². The molecule has 0 aromatic heterocycles. The zero-order chi connectivity index (χ0) is 26.6. The zero-order valence-corrected chi connectivity index (χ0v) is 21.8. The first-order valence-electron chi connectivity index (χ1n) is 12.9. The lowest BCUT2D eigenvalue weighted by molar-refractivity contribution is -0.187. The van der Waals surface area contributed by atoms with Gasteiger partial charge in [0.2, 0.25) is 11.8 Å². The van der Waals surface area contributed by atoms with E-state index < -0.39 is 12.2 Å². The molecule has 4 amide bonds. The molecule has 1 N–H and O–H groups in total. The van der Waals surface area contributed by atoms with Gasteiger partial charge in [0.05, 0.1) is 13.1 Å². The number of carbonyl (C=O) groups is 3. The summed E-state index contributed by atoms with van der Waals surface area (Å²) in [5.74, 6) is -0.262. The SMILES string of the molecule is Cc1ccc(CN2C[C@H]3N(C(=O)CN(C)N3C(=O)NCc3ccccc3)[C@@H](Cc3ccccc3)C2=O)cc1. The number of amides is 4. The molecule has 0 aliphatic carbocycles. The Balaban J connectivity index is 1.45. The van der Waals surface area contributed by atoms with Gasteiger partial charge in [-0.05, 0) is 23.6 Å². The molecule has 0 radical (unpaired) electrons. The lowest BCUT2D eigenvalue weighted by Crippen LogP contribution is -2.76. The first kappa shape index (κ1) is 25.5. The van der Waals surface area contributed by atoms with Gasteiger partial charge in [-0.15, -0.1) is 0 Å². The van der Waals surface area contributed by atoms with Crippen molar-refractivity contribution in [3.05, 3.63) is 107 Å². The quantitative estimate of drug-likeness (QED) is 0.552. The van der Waals surface area contributed by atoms with Crippen molar-refractivity contribution >= 4 is 17.8 Å². The second kappa shape index (κ2) is 11.1. The van der Waals surface area contributed by atoms with E-state index in [0.717, 1.165) is 22.3 Å². The summed E-state index contributed by atoms with van der Waals surface area (Å²) in [7, 11) is 1.74. The molecule has 2 saturated heterocycles. The molecular formula is C30H33N5O3. The minimum Gasteiger partial charge on any atom is -0.333 e. The Bertz CT molecular complexity index is 1280. The molecule has 2 atom stereocenters. The summed E-state index contributed by atoms with van der Waals surface area (Å²) in [5.41, 5.74) is 4.10. The van der Waals surface area contributed by atoms with Crippen molar-refractivity contribution in [1.82, 2.24) is 25.1 Å². The summed E-state index contributed by atoms with van der Waals surface area (Å²) >= 11 is 0. The van der Waals surface area contributed by atoms with E-state index >= 15 is 0 Å². The zero-order valence-electron chi connectivity index (χ0n) is 21.8. The average Bonchev–Trinajstić information content (AvgIpc) is 2.92. The molecular weight excluding hydrogens is 478 g/mol. The molecule has 196 valence electrons. The molecule has 2 aliphatic heterocycles. The lowest BCUT2D eigenvalue weighted by atomic mass is 9.98. The Morgan fingerprint density at radius 2 is 1.50 bits per heavy atom. The van der Waals surface area contributed by atoms with Crippen molar-refractivity contribution in [3.63, 3.8) is 0 Å². The summed E-state index contributed by atoms with van der Waals surface area (Å²) in [5, 5.41) is 6.25. The van der Waals surface area contributed by atoms with Crippen LogP contribution in [0.1, 0.15) is 22.3 Å². The van der Waals surface area contributed by atoms with Gasteiger partial charge in [0.1, 0.15) is 12.2 Å². The number of urea groups is 1. The van der Waals surface area contributed by atoms with Crippen LogP contribution in [-0.4, -0.2) is 70.0 Å². The van der Waals surface area contributed by atoms with Gasteiger partial charge in [0.25, 0.3) is 0 Å². The van der Waals surface area contributed by atoms with E-state index in [4.69, 9.17) is 0 Å². The van der Waals surface area contributed by atoms with Gasteiger partial charge in [-0.3, -0.25) is 9.59 Å². The van der Waals surface area contributed by atoms with Crippen molar-refractivity contribution in [3.8, 4) is 0 Å². The van der Waals surface area contributed by atoms with Gasteiger partial charge in [-0.25, -0.2) is 14.8 Å². The van der Waals surface area contributed by atoms with E-state index in [1.807, 2.05) is 91.9 Å². The monoisotopic (exact) mass is 511 g/mol. The summed E-state index contributed by atoms with van der Waals surface area (Å²) in [6, 6.07) is 26.5. The smallest absolute Gasteiger partial charge is 0.333 e. The minimum atomic E-state index is -0.702. The predicted octanol–water partition coefficient (Wildman–Crippen LogP) is 3.18. The Hall–Kier alpha value is -4.17. The number of hydrogen-bond donors (Lipinski definition) is 1. The van der Waals surface area contributed by atoms with Crippen LogP contribution in [-0.2, 0) is 29.1 Å². The highest BCUT2D eigenvalue weighted by Crippen LogP contribution is 2.28. The number of carbonyl (C=O) groups excluding carboxylic acids is 3.